The summed E-state index contributed by atoms with van der Waals surface area (Å²) in [6.45, 7) is 1.91. The Labute approximate surface area is 129 Å². The van der Waals surface area contributed by atoms with Crippen LogP contribution in [0.1, 0.15) is 12.8 Å². The van der Waals surface area contributed by atoms with Crippen molar-refractivity contribution in [2.24, 2.45) is 0 Å². The molecule has 118 valence electrons. The first-order valence-electron chi connectivity index (χ1n) is 6.73. The summed E-state index contributed by atoms with van der Waals surface area (Å²) in [6, 6.07) is 3.62. The van der Waals surface area contributed by atoms with Crippen LogP contribution in [0.2, 0.25) is 0 Å². The second-order valence-electron chi connectivity index (χ2n) is 5.01. The second kappa shape index (κ2) is 8.26. The third-order valence-corrected chi connectivity index (χ3v) is 3.57. The molecule has 0 aromatic heterocycles. The van der Waals surface area contributed by atoms with Gasteiger partial charge in [-0.2, -0.15) is 0 Å². The van der Waals surface area contributed by atoms with Gasteiger partial charge in [0.15, 0.2) is 0 Å². The van der Waals surface area contributed by atoms with Crippen LogP contribution in [0.5, 0.6) is 0 Å². The van der Waals surface area contributed by atoms with Crippen LogP contribution in [0.3, 0.4) is 0 Å². The maximum atomic E-state index is 13.4. The zero-order valence-electron chi connectivity index (χ0n) is 11.9. The SMILES string of the molecule is CNC1CCN(CC(=O)Nc2ccc(F)cc2F)CC1.Cl. The number of hydrogen-bond donors (Lipinski definition) is 2. The van der Waals surface area contributed by atoms with Gasteiger partial charge in [0.05, 0.1) is 12.2 Å². The zero-order chi connectivity index (χ0) is 14.5. The number of nitrogens with one attached hydrogen (secondary N) is 2. The third kappa shape index (κ3) is 5.22. The molecule has 4 nitrogen and oxygen atoms in total. The Morgan fingerprint density at radius 3 is 2.57 bits per heavy atom. The Balaban J connectivity index is 0.00000220. The Hall–Kier alpha value is -1.24. The van der Waals surface area contributed by atoms with Crippen molar-refractivity contribution in [2.45, 2.75) is 18.9 Å². The van der Waals surface area contributed by atoms with Gasteiger partial charge in [0, 0.05) is 25.2 Å². The molecule has 21 heavy (non-hydrogen) atoms. The van der Waals surface area contributed by atoms with E-state index in [0.717, 1.165) is 38.1 Å². The van der Waals surface area contributed by atoms with E-state index in [2.05, 4.69) is 10.6 Å². The Morgan fingerprint density at radius 2 is 2.00 bits per heavy atom. The summed E-state index contributed by atoms with van der Waals surface area (Å²) in [6.07, 6.45) is 1.99. The number of piperidine rings is 1. The number of amides is 1. The molecule has 1 saturated heterocycles. The minimum absolute atomic E-state index is 0. The van der Waals surface area contributed by atoms with E-state index in [-0.39, 0.29) is 30.5 Å². The normalized spacial score (nSPS) is 16.3. The topological polar surface area (TPSA) is 44.4 Å². The molecule has 0 bridgehead atoms. The van der Waals surface area contributed by atoms with Crippen LogP contribution in [-0.4, -0.2) is 43.5 Å². The molecule has 1 aliphatic heterocycles. The molecular formula is C14H20ClF2N3O. The predicted molar refractivity (Wildman–Crippen MR) is 80.8 cm³/mol. The summed E-state index contributed by atoms with van der Waals surface area (Å²) in [4.78, 5) is 13.9. The molecule has 0 atom stereocenters. The maximum Gasteiger partial charge on any atom is 0.238 e. The lowest BCUT2D eigenvalue weighted by Gasteiger charge is -2.31. The molecule has 1 amide bonds. The molecule has 1 heterocycles. The van der Waals surface area contributed by atoms with E-state index in [9.17, 15) is 13.6 Å². The zero-order valence-corrected chi connectivity index (χ0v) is 12.7. The van der Waals surface area contributed by atoms with E-state index in [1.54, 1.807) is 0 Å². The summed E-state index contributed by atoms with van der Waals surface area (Å²) in [5.74, 6) is -1.69. The van der Waals surface area contributed by atoms with Crippen LogP contribution in [0, 0.1) is 11.6 Å². The van der Waals surface area contributed by atoms with Gasteiger partial charge in [-0.15, -0.1) is 12.4 Å². The van der Waals surface area contributed by atoms with Crippen molar-refractivity contribution in [3.8, 4) is 0 Å². The van der Waals surface area contributed by atoms with Crippen molar-refractivity contribution in [3.05, 3.63) is 29.8 Å². The lowest BCUT2D eigenvalue weighted by molar-refractivity contribution is -0.117. The first-order valence-corrected chi connectivity index (χ1v) is 6.73. The van der Waals surface area contributed by atoms with Crippen molar-refractivity contribution in [1.82, 2.24) is 10.2 Å². The number of halogens is 3. The van der Waals surface area contributed by atoms with Crippen LogP contribution in [0.25, 0.3) is 0 Å². The van der Waals surface area contributed by atoms with Crippen LogP contribution >= 0.6 is 12.4 Å². The highest BCUT2D eigenvalue weighted by atomic mass is 35.5. The number of likely N-dealkylation sites (tertiary alicyclic amines) is 1. The summed E-state index contributed by atoms with van der Waals surface area (Å²) >= 11 is 0. The highest BCUT2D eigenvalue weighted by Crippen LogP contribution is 2.15. The van der Waals surface area contributed by atoms with Crippen molar-refractivity contribution in [2.75, 3.05) is 32.0 Å². The number of carbonyl (C=O) groups excluding carboxylic acids is 1. The molecule has 0 saturated carbocycles. The number of rotatable bonds is 4. The second-order valence-corrected chi connectivity index (χ2v) is 5.01. The van der Waals surface area contributed by atoms with Crippen LogP contribution in [0.15, 0.2) is 18.2 Å². The van der Waals surface area contributed by atoms with Gasteiger partial charge in [-0.3, -0.25) is 9.69 Å². The summed E-state index contributed by atoms with van der Waals surface area (Å²) in [5, 5.41) is 5.69. The first kappa shape index (κ1) is 17.8. The fourth-order valence-electron chi connectivity index (χ4n) is 2.36. The molecule has 1 aromatic carbocycles. The summed E-state index contributed by atoms with van der Waals surface area (Å²) in [5.41, 5.74) is 0.0153. The average Bonchev–Trinajstić information content (AvgIpc) is 2.43. The number of anilines is 1. The highest BCUT2D eigenvalue weighted by Gasteiger charge is 2.19. The van der Waals surface area contributed by atoms with Gasteiger partial charge in [-0.1, -0.05) is 0 Å². The lowest BCUT2D eigenvalue weighted by atomic mass is 10.1. The number of benzene rings is 1. The number of nitrogens with zero attached hydrogens (tertiary/aromatic N) is 1. The minimum Gasteiger partial charge on any atom is -0.322 e. The Morgan fingerprint density at radius 1 is 1.33 bits per heavy atom. The molecule has 1 aliphatic rings. The average molecular weight is 320 g/mol. The minimum atomic E-state index is -0.757. The Kier molecular flexibility index (Phi) is 7.01. The van der Waals surface area contributed by atoms with Crippen LogP contribution in [-0.2, 0) is 4.79 Å². The Bertz CT molecular complexity index is 479. The molecule has 2 N–H and O–H groups in total. The largest absolute Gasteiger partial charge is 0.322 e. The maximum absolute atomic E-state index is 13.4. The molecule has 0 spiro atoms. The van der Waals surface area contributed by atoms with Gasteiger partial charge in [-0.05, 0) is 32.0 Å². The van der Waals surface area contributed by atoms with Crippen molar-refractivity contribution >= 4 is 24.0 Å². The molecular weight excluding hydrogens is 300 g/mol. The van der Waals surface area contributed by atoms with Crippen LogP contribution in [0.4, 0.5) is 14.5 Å². The molecule has 0 unspecified atom stereocenters. The van der Waals surface area contributed by atoms with Gasteiger partial charge < -0.3 is 10.6 Å². The van der Waals surface area contributed by atoms with Gasteiger partial charge >= 0.3 is 0 Å². The van der Waals surface area contributed by atoms with Gasteiger partial charge in [0.2, 0.25) is 5.91 Å². The van der Waals surface area contributed by atoms with Crippen molar-refractivity contribution in [3.63, 3.8) is 0 Å². The lowest BCUT2D eigenvalue weighted by Crippen LogP contribution is -2.44. The predicted octanol–water partition coefficient (Wildman–Crippen LogP) is 2.01. The molecule has 1 aromatic rings. The van der Waals surface area contributed by atoms with Crippen LogP contribution < -0.4 is 10.6 Å². The van der Waals surface area contributed by atoms with Crippen molar-refractivity contribution in [1.29, 1.82) is 0 Å². The number of carbonyl (C=O) groups is 1. The van der Waals surface area contributed by atoms with Gasteiger partial charge in [-0.25, -0.2) is 8.78 Å². The molecule has 2 rings (SSSR count). The fourth-order valence-corrected chi connectivity index (χ4v) is 2.36. The third-order valence-electron chi connectivity index (χ3n) is 3.57. The van der Waals surface area contributed by atoms with E-state index in [1.165, 1.54) is 6.07 Å². The standard InChI is InChI=1S/C14H19F2N3O.ClH/c1-17-11-4-6-19(7-5-11)9-14(20)18-13-3-2-10(15)8-12(13)16;/h2-3,8,11,17H,4-7,9H2,1H3,(H,18,20);1H. The smallest absolute Gasteiger partial charge is 0.238 e. The fraction of sp³-hybridized carbons (Fsp3) is 0.500. The molecule has 1 fully saturated rings. The van der Waals surface area contributed by atoms with Gasteiger partial charge in [0.1, 0.15) is 11.6 Å². The van der Waals surface area contributed by atoms with Crippen molar-refractivity contribution < 1.29 is 13.6 Å². The quantitative estimate of drug-likeness (QED) is 0.892. The van der Waals surface area contributed by atoms with E-state index in [0.29, 0.717) is 6.04 Å². The number of hydrogen-bond acceptors (Lipinski definition) is 3. The molecule has 7 heteroatoms. The van der Waals surface area contributed by atoms with Gasteiger partial charge in [0.25, 0.3) is 0 Å². The van der Waals surface area contributed by atoms with E-state index < -0.39 is 11.6 Å². The molecule has 0 aliphatic carbocycles. The molecule has 0 radical (unpaired) electrons. The van der Waals surface area contributed by atoms with E-state index in [1.807, 2.05) is 11.9 Å². The highest BCUT2D eigenvalue weighted by molar-refractivity contribution is 5.92. The summed E-state index contributed by atoms with van der Waals surface area (Å²) < 4.78 is 26.2. The monoisotopic (exact) mass is 319 g/mol. The van der Waals surface area contributed by atoms with E-state index in [4.69, 9.17) is 0 Å². The summed E-state index contributed by atoms with van der Waals surface area (Å²) in [7, 11) is 1.93. The first-order chi connectivity index (χ1) is 9.58. The van der Waals surface area contributed by atoms with E-state index >= 15 is 0 Å².